The molecule has 1 N–H and O–H groups in total. The minimum absolute atomic E-state index is 0.102. The van der Waals surface area contributed by atoms with Crippen LogP contribution in [0.2, 0.25) is 0 Å². The Morgan fingerprint density at radius 2 is 1.93 bits per heavy atom. The third kappa shape index (κ3) is 4.69. The number of carbonyl (C=O) groups excluding carboxylic acids is 2. The van der Waals surface area contributed by atoms with Crippen LogP contribution in [0.3, 0.4) is 0 Å². The lowest BCUT2D eigenvalue weighted by molar-refractivity contribution is -0.137. The van der Waals surface area contributed by atoms with E-state index in [1.54, 1.807) is 4.90 Å². The molecule has 0 aliphatic carbocycles. The molecule has 2 amide bonds. The van der Waals surface area contributed by atoms with Gasteiger partial charge in [-0.2, -0.15) is 13.2 Å². The van der Waals surface area contributed by atoms with Gasteiger partial charge < -0.3 is 15.0 Å². The van der Waals surface area contributed by atoms with Crippen molar-refractivity contribution in [3.8, 4) is 0 Å². The number of morpholine rings is 1. The Hall–Kier alpha value is -2.87. The first-order chi connectivity index (χ1) is 13.2. The largest absolute Gasteiger partial charge is 0.416 e. The van der Waals surface area contributed by atoms with Gasteiger partial charge >= 0.3 is 6.18 Å². The first-order valence-corrected chi connectivity index (χ1v) is 8.68. The molecule has 1 fully saturated rings. The summed E-state index contributed by atoms with van der Waals surface area (Å²) < 4.78 is 43.3. The number of benzene rings is 2. The van der Waals surface area contributed by atoms with Crippen LogP contribution in [0.4, 0.5) is 18.9 Å². The quantitative estimate of drug-likeness (QED) is 0.870. The SMILES string of the molecule is Cc1cccc(N2CC(CNC(=O)c3ccc(C(F)(F)F)cc3)OCC2=O)c1. The lowest BCUT2D eigenvalue weighted by Gasteiger charge is -2.33. The number of rotatable bonds is 4. The van der Waals surface area contributed by atoms with Crippen molar-refractivity contribution in [1.82, 2.24) is 5.32 Å². The molecule has 1 atom stereocenters. The Morgan fingerprint density at radius 1 is 1.21 bits per heavy atom. The number of amides is 2. The number of nitrogens with zero attached hydrogens (tertiary/aromatic N) is 1. The van der Waals surface area contributed by atoms with Gasteiger partial charge in [-0.3, -0.25) is 9.59 Å². The summed E-state index contributed by atoms with van der Waals surface area (Å²) in [5, 5.41) is 2.64. The highest BCUT2D eigenvalue weighted by atomic mass is 19.4. The lowest BCUT2D eigenvalue weighted by atomic mass is 10.1. The predicted molar refractivity (Wildman–Crippen MR) is 97.0 cm³/mol. The van der Waals surface area contributed by atoms with Crippen LogP contribution in [0.25, 0.3) is 0 Å². The first kappa shape index (κ1) is 19.9. The van der Waals surface area contributed by atoms with E-state index in [0.29, 0.717) is 0 Å². The van der Waals surface area contributed by atoms with E-state index in [1.165, 1.54) is 0 Å². The van der Waals surface area contributed by atoms with Crippen molar-refractivity contribution in [3.05, 3.63) is 65.2 Å². The van der Waals surface area contributed by atoms with Crippen LogP contribution >= 0.6 is 0 Å². The highest BCUT2D eigenvalue weighted by molar-refractivity contribution is 5.95. The van der Waals surface area contributed by atoms with E-state index in [-0.39, 0.29) is 31.2 Å². The summed E-state index contributed by atoms with van der Waals surface area (Å²) in [6.07, 6.45) is -4.87. The van der Waals surface area contributed by atoms with Crippen molar-refractivity contribution in [3.63, 3.8) is 0 Å². The maximum atomic E-state index is 12.6. The standard InChI is InChI=1S/C20H19F3N2O3/c1-13-3-2-4-16(9-13)25-11-17(28-12-18(25)26)10-24-19(27)14-5-7-15(8-6-14)20(21,22)23/h2-9,17H,10-12H2,1H3,(H,24,27). The molecule has 0 aromatic heterocycles. The van der Waals surface area contributed by atoms with Gasteiger partial charge in [0.25, 0.3) is 11.8 Å². The highest BCUT2D eigenvalue weighted by Gasteiger charge is 2.30. The van der Waals surface area contributed by atoms with Crippen LogP contribution in [-0.2, 0) is 15.7 Å². The molecule has 1 saturated heterocycles. The summed E-state index contributed by atoms with van der Waals surface area (Å²) >= 11 is 0. The van der Waals surface area contributed by atoms with Gasteiger partial charge in [0.15, 0.2) is 0 Å². The number of carbonyl (C=O) groups is 2. The van der Waals surface area contributed by atoms with Gasteiger partial charge in [0, 0.05) is 17.8 Å². The molecule has 3 rings (SSSR count). The molecule has 0 saturated carbocycles. The van der Waals surface area contributed by atoms with Gasteiger partial charge in [-0.15, -0.1) is 0 Å². The van der Waals surface area contributed by atoms with Crippen molar-refractivity contribution in [2.24, 2.45) is 0 Å². The third-order valence-electron chi connectivity index (χ3n) is 4.41. The summed E-state index contributed by atoms with van der Waals surface area (Å²) in [7, 11) is 0. The van der Waals surface area contributed by atoms with Gasteiger partial charge in [-0.05, 0) is 48.9 Å². The number of aryl methyl sites for hydroxylation is 1. The van der Waals surface area contributed by atoms with Gasteiger partial charge in [0.05, 0.1) is 18.2 Å². The van der Waals surface area contributed by atoms with Crippen LogP contribution in [0.15, 0.2) is 48.5 Å². The van der Waals surface area contributed by atoms with Crippen LogP contribution < -0.4 is 10.2 Å². The van der Waals surface area contributed by atoms with Crippen molar-refractivity contribution in [2.45, 2.75) is 19.2 Å². The molecular weight excluding hydrogens is 373 g/mol. The summed E-state index contributed by atoms with van der Waals surface area (Å²) in [5.74, 6) is -0.674. The van der Waals surface area contributed by atoms with Gasteiger partial charge in [0.2, 0.25) is 0 Å². The maximum absolute atomic E-state index is 12.6. The van der Waals surface area contributed by atoms with E-state index in [0.717, 1.165) is 35.5 Å². The lowest BCUT2D eigenvalue weighted by Crippen LogP contribution is -2.50. The number of hydrogen-bond acceptors (Lipinski definition) is 3. The summed E-state index contributed by atoms with van der Waals surface area (Å²) in [5.41, 5.74) is 1.08. The average molecular weight is 392 g/mol. The van der Waals surface area contributed by atoms with E-state index in [2.05, 4.69) is 5.32 Å². The molecule has 8 heteroatoms. The van der Waals surface area contributed by atoms with Gasteiger partial charge in [-0.1, -0.05) is 12.1 Å². The van der Waals surface area contributed by atoms with Crippen LogP contribution in [0, 0.1) is 6.92 Å². The normalized spacial score (nSPS) is 17.5. The molecule has 1 aliphatic rings. The second kappa shape index (κ2) is 8.02. The molecule has 148 valence electrons. The molecule has 1 unspecified atom stereocenters. The zero-order valence-electron chi connectivity index (χ0n) is 15.1. The Bertz CT molecular complexity index is 866. The molecule has 2 aromatic carbocycles. The topological polar surface area (TPSA) is 58.6 Å². The molecule has 5 nitrogen and oxygen atoms in total. The first-order valence-electron chi connectivity index (χ1n) is 8.68. The molecule has 1 heterocycles. The van der Waals surface area contributed by atoms with E-state index in [4.69, 9.17) is 4.74 Å². The molecule has 28 heavy (non-hydrogen) atoms. The fraction of sp³-hybridized carbons (Fsp3) is 0.300. The third-order valence-corrected chi connectivity index (χ3v) is 4.41. The van der Waals surface area contributed by atoms with Crippen molar-refractivity contribution in [1.29, 1.82) is 0 Å². The van der Waals surface area contributed by atoms with E-state index in [1.807, 2.05) is 31.2 Å². The number of halogens is 3. The number of ether oxygens (including phenoxy) is 1. The molecule has 0 bridgehead atoms. The van der Waals surface area contributed by atoms with Crippen molar-refractivity contribution >= 4 is 17.5 Å². The Kier molecular flexibility index (Phi) is 5.69. The summed E-state index contributed by atoms with van der Waals surface area (Å²) in [6, 6.07) is 11.5. The van der Waals surface area contributed by atoms with Crippen LogP contribution in [-0.4, -0.2) is 37.6 Å². The van der Waals surface area contributed by atoms with Crippen molar-refractivity contribution in [2.75, 3.05) is 24.6 Å². The molecule has 0 radical (unpaired) electrons. The summed E-state index contributed by atoms with van der Waals surface area (Å²) in [6.45, 7) is 2.23. The van der Waals surface area contributed by atoms with Gasteiger partial charge in [0.1, 0.15) is 6.61 Å². The Labute approximate surface area is 160 Å². The van der Waals surface area contributed by atoms with Crippen LogP contribution in [0.5, 0.6) is 0 Å². The minimum Gasteiger partial charge on any atom is -0.365 e. The predicted octanol–water partition coefficient (Wildman–Crippen LogP) is 3.18. The molecule has 1 aliphatic heterocycles. The van der Waals surface area contributed by atoms with Gasteiger partial charge in [-0.25, -0.2) is 0 Å². The summed E-state index contributed by atoms with van der Waals surface area (Å²) in [4.78, 5) is 25.9. The zero-order chi connectivity index (χ0) is 20.3. The molecular formula is C20H19F3N2O3. The second-order valence-corrected chi connectivity index (χ2v) is 6.56. The Morgan fingerprint density at radius 3 is 2.57 bits per heavy atom. The number of alkyl halides is 3. The number of anilines is 1. The zero-order valence-corrected chi connectivity index (χ0v) is 15.1. The van der Waals surface area contributed by atoms with E-state index >= 15 is 0 Å². The fourth-order valence-corrected chi connectivity index (χ4v) is 2.91. The van der Waals surface area contributed by atoms with E-state index < -0.39 is 23.8 Å². The minimum atomic E-state index is -4.45. The molecule has 2 aromatic rings. The average Bonchev–Trinajstić information content (AvgIpc) is 2.66. The monoisotopic (exact) mass is 392 g/mol. The highest BCUT2D eigenvalue weighted by Crippen LogP contribution is 2.29. The van der Waals surface area contributed by atoms with Crippen molar-refractivity contribution < 1.29 is 27.5 Å². The molecule has 0 spiro atoms. The smallest absolute Gasteiger partial charge is 0.365 e. The van der Waals surface area contributed by atoms with E-state index in [9.17, 15) is 22.8 Å². The maximum Gasteiger partial charge on any atom is 0.416 e. The number of nitrogens with one attached hydrogen (secondary N) is 1. The fourth-order valence-electron chi connectivity index (χ4n) is 2.91. The van der Waals surface area contributed by atoms with Crippen LogP contribution in [0.1, 0.15) is 21.5 Å². The number of hydrogen-bond donors (Lipinski definition) is 1. The second-order valence-electron chi connectivity index (χ2n) is 6.56. The Balaban J connectivity index is 1.59.